The molecule has 3 aromatic heterocycles. The van der Waals surface area contributed by atoms with Gasteiger partial charge < -0.3 is 0 Å². The Labute approximate surface area is 225 Å². The molecule has 0 saturated carbocycles. The molecular weight excluding hydrogens is 528 g/mol. The smallest absolute Gasteiger partial charge is 0.226 e. The average Bonchev–Trinajstić information content (AvgIpc) is 2.81. The van der Waals surface area contributed by atoms with Crippen molar-refractivity contribution in [2.24, 2.45) is 0 Å². The van der Waals surface area contributed by atoms with Crippen LogP contribution >= 0.6 is 46.4 Å². The maximum absolute atomic E-state index is 5.58. The van der Waals surface area contributed by atoms with Crippen LogP contribution in [-0.2, 0) is 12.8 Å². The average molecular weight is 555 g/mol. The standard InChI is InChI=1S/C10H9N.2C7H9Cl2N3/c1-8-6-7-9-4-2-3-5-10(9)11-8;2*1-2-3-4-5-10-6(8)12-7(9)11-5/h2-7H,1H3;2*2-4H2,1H3. The van der Waals surface area contributed by atoms with Crippen molar-refractivity contribution >= 4 is 57.3 Å². The van der Waals surface area contributed by atoms with Gasteiger partial charge in [0, 0.05) is 23.9 Å². The summed E-state index contributed by atoms with van der Waals surface area (Å²) in [6, 6.07) is 12.3. The Balaban J connectivity index is 0.000000185. The van der Waals surface area contributed by atoms with Gasteiger partial charge >= 0.3 is 0 Å². The number of halogens is 4. The van der Waals surface area contributed by atoms with Crippen molar-refractivity contribution in [3.05, 3.63) is 74.9 Å². The van der Waals surface area contributed by atoms with Gasteiger partial charge in [0.2, 0.25) is 21.1 Å². The summed E-state index contributed by atoms with van der Waals surface area (Å²) >= 11 is 22.3. The molecule has 1 aromatic carbocycles. The van der Waals surface area contributed by atoms with E-state index in [9.17, 15) is 0 Å². The first-order chi connectivity index (χ1) is 16.8. The number of para-hydroxylation sites is 1. The number of benzene rings is 1. The molecule has 0 aliphatic heterocycles. The third-order valence-corrected chi connectivity index (χ3v) is 5.18. The Bertz CT molecular complexity index is 1110. The molecule has 0 saturated heterocycles. The first kappa shape index (κ1) is 29.0. The first-order valence-electron chi connectivity index (χ1n) is 11.2. The number of hydrogen-bond acceptors (Lipinski definition) is 7. The molecule has 11 heteroatoms. The van der Waals surface area contributed by atoms with Gasteiger partial charge in [0.25, 0.3) is 0 Å². The molecule has 0 N–H and O–H groups in total. The molecule has 0 aliphatic rings. The number of rotatable bonds is 6. The van der Waals surface area contributed by atoms with Crippen molar-refractivity contribution in [3.63, 3.8) is 0 Å². The zero-order valence-corrected chi connectivity index (χ0v) is 22.9. The van der Waals surface area contributed by atoms with Crippen LogP contribution in [-0.4, -0.2) is 34.9 Å². The van der Waals surface area contributed by atoms with Gasteiger partial charge in [-0.15, -0.1) is 0 Å². The van der Waals surface area contributed by atoms with E-state index in [2.05, 4.69) is 60.9 Å². The van der Waals surface area contributed by atoms with Crippen LogP contribution in [0.15, 0.2) is 36.4 Å². The fraction of sp³-hybridized carbons (Fsp3) is 0.375. The molecule has 0 amide bonds. The summed E-state index contributed by atoms with van der Waals surface area (Å²) in [5.41, 5.74) is 2.15. The molecule has 35 heavy (non-hydrogen) atoms. The summed E-state index contributed by atoms with van der Waals surface area (Å²) < 4.78 is 0. The van der Waals surface area contributed by atoms with Crippen LogP contribution in [0.4, 0.5) is 0 Å². The van der Waals surface area contributed by atoms with E-state index in [0.717, 1.165) is 49.7 Å². The van der Waals surface area contributed by atoms with Gasteiger partial charge in [0.15, 0.2) is 0 Å². The second-order valence-corrected chi connectivity index (χ2v) is 8.78. The molecule has 0 radical (unpaired) electrons. The zero-order valence-electron chi connectivity index (χ0n) is 19.8. The van der Waals surface area contributed by atoms with E-state index in [-0.39, 0.29) is 21.1 Å². The minimum atomic E-state index is 0.168. The van der Waals surface area contributed by atoms with E-state index in [0.29, 0.717) is 11.6 Å². The molecule has 0 unspecified atom stereocenters. The first-order valence-corrected chi connectivity index (χ1v) is 12.8. The molecule has 186 valence electrons. The Hall–Kier alpha value is -2.19. The topological polar surface area (TPSA) is 90.2 Å². The molecule has 4 aromatic rings. The highest BCUT2D eigenvalue weighted by molar-refractivity contribution is 6.31. The fourth-order valence-corrected chi connectivity index (χ4v) is 3.59. The highest BCUT2D eigenvalue weighted by Gasteiger charge is 2.02. The number of pyridine rings is 1. The summed E-state index contributed by atoms with van der Waals surface area (Å²) in [4.78, 5) is 27.4. The van der Waals surface area contributed by atoms with Crippen molar-refractivity contribution in [2.45, 2.75) is 59.3 Å². The maximum atomic E-state index is 5.58. The van der Waals surface area contributed by atoms with E-state index >= 15 is 0 Å². The Morgan fingerprint density at radius 2 is 1.03 bits per heavy atom. The van der Waals surface area contributed by atoms with Crippen molar-refractivity contribution in [2.75, 3.05) is 0 Å². The van der Waals surface area contributed by atoms with E-state index in [1.807, 2.05) is 31.2 Å². The number of unbranched alkanes of at least 4 members (excludes halogenated alkanes) is 2. The third kappa shape index (κ3) is 11.4. The zero-order chi connectivity index (χ0) is 25.6. The number of aromatic nitrogens is 7. The summed E-state index contributed by atoms with van der Waals surface area (Å²) in [5.74, 6) is 1.34. The van der Waals surface area contributed by atoms with E-state index in [1.165, 1.54) is 5.39 Å². The molecule has 0 bridgehead atoms. The quantitative estimate of drug-likeness (QED) is 0.242. The van der Waals surface area contributed by atoms with Crippen molar-refractivity contribution in [1.82, 2.24) is 34.9 Å². The van der Waals surface area contributed by atoms with Gasteiger partial charge in [-0.1, -0.05) is 51.0 Å². The minimum absolute atomic E-state index is 0.168. The maximum Gasteiger partial charge on any atom is 0.226 e. The summed E-state index contributed by atoms with van der Waals surface area (Å²) in [5, 5.41) is 1.88. The number of nitrogens with zero attached hydrogens (tertiary/aromatic N) is 7. The molecule has 0 atom stereocenters. The van der Waals surface area contributed by atoms with Gasteiger partial charge in [0.1, 0.15) is 11.6 Å². The number of hydrogen-bond donors (Lipinski definition) is 0. The predicted molar refractivity (Wildman–Crippen MR) is 143 cm³/mol. The number of fused-ring (bicyclic) bond motifs is 1. The predicted octanol–water partition coefficient (Wildman–Crippen LogP) is 7.59. The van der Waals surface area contributed by atoms with Crippen LogP contribution in [0, 0.1) is 6.92 Å². The molecule has 4 rings (SSSR count). The molecular formula is C24H27Cl4N7. The highest BCUT2D eigenvalue weighted by Crippen LogP contribution is 2.11. The van der Waals surface area contributed by atoms with Crippen LogP contribution in [0.1, 0.15) is 56.9 Å². The van der Waals surface area contributed by atoms with Crippen molar-refractivity contribution in [1.29, 1.82) is 0 Å². The highest BCUT2D eigenvalue weighted by atomic mass is 35.5. The van der Waals surface area contributed by atoms with Gasteiger partial charge in [0.05, 0.1) is 5.52 Å². The summed E-state index contributed by atoms with van der Waals surface area (Å²) in [6.45, 7) is 6.21. The second-order valence-electron chi connectivity index (χ2n) is 7.43. The molecule has 0 spiro atoms. The lowest BCUT2D eigenvalue weighted by molar-refractivity contribution is 0.744. The molecule has 0 aliphatic carbocycles. The molecule has 3 heterocycles. The van der Waals surface area contributed by atoms with Crippen LogP contribution < -0.4 is 0 Å². The minimum Gasteiger partial charge on any atom is -0.253 e. The van der Waals surface area contributed by atoms with Gasteiger partial charge in [-0.25, -0.2) is 19.9 Å². The lowest BCUT2D eigenvalue weighted by atomic mass is 10.2. The third-order valence-electron chi connectivity index (χ3n) is 4.50. The Kier molecular flexibility index (Phi) is 13.1. The summed E-state index contributed by atoms with van der Waals surface area (Å²) in [6.07, 6.45) is 5.88. The SMILES string of the molecule is CCCCc1nc(Cl)nc(Cl)n1.CCCCc1nc(Cl)nc(Cl)n1.Cc1ccc2ccccc2n1. The lowest BCUT2D eigenvalue weighted by Crippen LogP contribution is -1.97. The van der Waals surface area contributed by atoms with Crippen LogP contribution in [0.25, 0.3) is 10.9 Å². The fourth-order valence-electron chi connectivity index (χ4n) is 2.79. The van der Waals surface area contributed by atoms with E-state index < -0.39 is 0 Å². The monoisotopic (exact) mass is 553 g/mol. The normalized spacial score (nSPS) is 10.3. The van der Waals surface area contributed by atoms with Gasteiger partial charge in [-0.2, -0.15) is 9.97 Å². The van der Waals surface area contributed by atoms with E-state index in [1.54, 1.807) is 0 Å². The van der Waals surface area contributed by atoms with Crippen LogP contribution in [0.5, 0.6) is 0 Å². The van der Waals surface area contributed by atoms with Crippen LogP contribution in [0.2, 0.25) is 21.1 Å². The molecule has 0 fully saturated rings. The summed E-state index contributed by atoms with van der Waals surface area (Å²) in [7, 11) is 0. The van der Waals surface area contributed by atoms with Gasteiger partial charge in [-0.3, -0.25) is 4.98 Å². The van der Waals surface area contributed by atoms with Crippen LogP contribution in [0.3, 0.4) is 0 Å². The van der Waals surface area contributed by atoms with Gasteiger partial charge in [-0.05, 0) is 78.3 Å². The lowest BCUT2D eigenvalue weighted by Gasteiger charge is -1.98. The van der Waals surface area contributed by atoms with Crippen molar-refractivity contribution < 1.29 is 0 Å². The van der Waals surface area contributed by atoms with E-state index in [4.69, 9.17) is 46.4 Å². The second kappa shape index (κ2) is 15.7. The molecule has 7 nitrogen and oxygen atoms in total. The van der Waals surface area contributed by atoms with Crippen molar-refractivity contribution in [3.8, 4) is 0 Å². The largest absolute Gasteiger partial charge is 0.253 e. The Morgan fingerprint density at radius 1 is 0.571 bits per heavy atom. The Morgan fingerprint density at radius 3 is 1.49 bits per heavy atom. The number of aryl methyl sites for hydroxylation is 3.